The third kappa shape index (κ3) is 9.52. The van der Waals surface area contributed by atoms with Crippen LogP contribution in [0.5, 0.6) is 0 Å². The zero-order valence-electron chi connectivity index (χ0n) is 24.4. The maximum Gasteiger partial charge on any atom is 0.490 e. The molecule has 260 valence electrons. The number of para-hydroxylation sites is 1. The van der Waals surface area contributed by atoms with Crippen molar-refractivity contribution in [3.8, 4) is 0 Å². The summed E-state index contributed by atoms with van der Waals surface area (Å²) < 4.78 is 53.4. The molecule has 2 aromatic heterocycles. The summed E-state index contributed by atoms with van der Waals surface area (Å²) in [6, 6.07) is 7.04. The Kier molecular flexibility index (Phi) is 11.7. The molecular formula is C22H33N8O14P3. The molecule has 0 aliphatic carbocycles. The number of aromatic nitrogens is 4. The van der Waals surface area contributed by atoms with Crippen molar-refractivity contribution in [2.24, 2.45) is 0 Å². The summed E-state index contributed by atoms with van der Waals surface area (Å²) in [6.45, 7) is -0.350. The minimum Gasteiger partial charge on any atom is -0.387 e. The number of unbranched alkanes of at least 4 members (excludes halogenated alkanes) is 1. The number of fused-ring (bicyclic) bond motifs is 1. The topological polar surface area (TPSA) is 332 Å². The fraction of sp³-hybridized carbons (Fsp3) is 0.455. The summed E-state index contributed by atoms with van der Waals surface area (Å²) in [4.78, 5) is 61.3. The molecule has 1 fully saturated rings. The number of rotatable bonds is 16. The van der Waals surface area contributed by atoms with E-state index in [9.17, 15) is 38.5 Å². The number of imidazole rings is 1. The highest BCUT2D eigenvalue weighted by Gasteiger charge is 2.47. The number of carbonyl (C=O) groups excluding carboxylic acids is 1. The fourth-order valence-electron chi connectivity index (χ4n) is 4.49. The van der Waals surface area contributed by atoms with Crippen LogP contribution in [0, 0.1) is 0 Å². The number of phosphoric acid groups is 3. The summed E-state index contributed by atoms with van der Waals surface area (Å²) >= 11 is 0. The molecule has 0 saturated carbocycles. The number of anilines is 3. The zero-order chi connectivity index (χ0) is 34.6. The summed E-state index contributed by atoms with van der Waals surface area (Å²) in [5, 5.41) is 30.3. The van der Waals surface area contributed by atoms with E-state index >= 15 is 0 Å². The number of benzene rings is 1. The smallest absolute Gasteiger partial charge is 0.387 e. The maximum absolute atomic E-state index is 12.5. The normalized spacial score (nSPS) is 22.4. The van der Waals surface area contributed by atoms with E-state index in [4.69, 9.17) is 20.3 Å². The molecule has 3 heterocycles. The second-order valence-electron chi connectivity index (χ2n) is 9.85. The van der Waals surface area contributed by atoms with E-state index in [0.29, 0.717) is 37.2 Å². The molecule has 0 radical (unpaired) electrons. The predicted molar refractivity (Wildman–Crippen MR) is 162 cm³/mol. The van der Waals surface area contributed by atoms with Crippen LogP contribution in [0.2, 0.25) is 0 Å². The van der Waals surface area contributed by atoms with Gasteiger partial charge in [0, 0.05) is 25.8 Å². The van der Waals surface area contributed by atoms with Crippen molar-refractivity contribution in [1.82, 2.24) is 24.8 Å². The van der Waals surface area contributed by atoms with Crippen LogP contribution in [0.3, 0.4) is 0 Å². The number of aliphatic hydroxyl groups is 2. The van der Waals surface area contributed by atoms with Gasteiger partial charge in [-0.15, -0.1) is 0 Å². The van der Waals surface area contributed by atoms with E-state index in [1.165, 1.54) is 4.57 Å². The number of ether oxygens (including phenoxy) is 1. The highest BCUT2D eigenvalue weighted by Crippen LogP contribution is 2.66. The van der Waals surface area contributed by atoms with Crippen molar-refractivity contribution in [2.75, 3.05) is 43.1 Å². The molecule has 1 aliphatic heterocycles. The summed E-state index contributed by atoms with van der Waals surface area (Å²) in [7, 11) is -15.2. The molecule has 1 aromatic carbocycles. The van der Waals surface area contributed by atoms with Crippen LogP contribution < -0.4 is 21.7 Å². The molecule has 6 atom stereocenters. The quantitative estimate of drug-likeness (QED) is 0.0687. The van der Waals surface area contributed by atoms with E-state index in [1.807, 2.05) is 6.07 Å². The first-order valence-electron chi connectivity index (χ1n) is 13.6. The molecule has 2 unspecified atom stereocenters. The largest absolute Gasteiger partial charge is 0.490 e. The number of nitrogens with one attached hydrogen (secondary N) is 3. The number of hydrogen-bond acceptors (Lipinski definition) is 16. The Morgan fingerprint density at radius 3 is 2.43 bits per heavy atom. The lowest BCUT2D eigenvalue weighted by Gasteiger charge is -2.20. The van der Waals surface area contributed by atoms with Gasteiger partial charge in [-0.2, -0.15) is 8.62 Å². The molecule has 1 amide bonds. The SMILES string of the molecule is CNc1ccccc1C(=O)NCCCCNc1nc2c(N)ncnc2n1[C@@H]1O[C@H](COP(=O)(O)OP(=O)(O)OP(=O)(O)O)[C@@H](O)[C@H]1O. The minimum atomic E-state index is -5.78. The van der Waals surface area contributed by atoms with Gasteiger partial charge in [0.15, 0.2) is 23.2 Å². The lowest BCUT2D eigenvalue weighted by molar-refractivity contribution is -0.0493. The number of nitrogen functional groups attached to an aromatic ring is 1. The Morgan fingerprint density at radius 1 is 1.02 bits per heavy atom. The number of nitrogens with zero attached hydrogens (tertiary/aromatic N) is 4. The van der Waals surface area contributed by atoms with Gasteiger partial charge >= 0.3 is 23.5 Å². The average Bonchev–Trinajstić information content (AvgIpc) is 3.48. The lowest BCUT2D eigenvalue weighted by Crippen LogP contribution is -2.33. The van der Waals surface area contributed by atoms with Gasteiger partial charge in [0.2, 0.25) is 5.95 Å². The molecule has 1 saturated heterocycles. The van der Waals surface area contributed by atoms with Crippen LogP contribution in [0.15, 0.2) is 30.6 Å². The van der Waals surface area contributed by atoms with Gasteiger partial charge in [-0.1, -0.05) is 12.1 Å². The summed E-state index contributed by atoms with van der Waals surface area (Å²) in [5.74, 6) is -0.172. The highest BCUT2D eigenvalue weighted by molar-refractivity contribution is 7.66. The Morgan fingerprint density at radius 2 is 1.72 bits per heavy atom. The van der Waals surface area contributed by atoms with Crippen LogP contribution in [0.4, 0.5) is 17.5 Å². The van der Waals surface area contributed by atoms with E-state index in [-0.39, 0.29) is 28.8 Å². The lowest BCUT2D eigenvalue weighted by atomic mass is 10.1. The summed E-state index contributed by atoms with van der Waals surface area (Å²) in [6.07, 6.45) is -4.25. The number of nitrogens with two attached hydrogens (primary N) is 1. The van der Waals surface area contributed by atoms with Crippen molar-refractivity contribution in [3.63, 3.8) is 0 Å². The van der Waals surface area contributed by atoms with Crippen molar-refractivity contribution < 1.29 is 66.2 Å². The van der Waals surface area contributed by atoms with Gasteiger partial charge in [-0.05, 0) is 25.0 Å². The standard InChI is InChI=1S/C22H33N8O14P3/c1-24-13-7-3-2-6-12(13)20(33)25-8-4-5-9-26-22-29-15-18(23)27-11-28-19(15)30(22)21-17(32)16(31)14(42-21)10-41-46(37,38)44-47(39,40)43-45(34,35)36/h2-3,6-7,11,14,16-17,21,24,31-32H,4-5,8-10H2,1H3,(H,25,33)(H,26,29)(H,37,38)(H,39,40)(H2,23,27,28)(H2,34,35,36)/t14-,16-,17-,21-/m1/s1. The Labute approximate surface area is 265 Å². The molecule has 0 bridgehead atoms. The highest BCUT2D eigenvalue weighted by atomic mass is 31.3. The second kappa shape index (κ2) is 15.0. The monoisotopic (exact) mass is 726 g/mol. The second-order valence-corrected chi connectivity index (χ2v) is 14.3. The van der Waals surface area contributed by atoms with Gasteiger partial charge in [0.1, 0.15) is 24.6 Å². The van der Waals surface area contributed by atoms with Crippen LogP contribution in [-0.4, -0.2) is 100 Å². The number of hydrogen-bond donors (Lipinski definition) is 10. The molecule has 22 nitrogen and oxygen atoms in total. The van der Waals surface area contributed by atoms with Crippen LogP contribution in [0.25, 0.3) is 11.2 Å². The first-order valence-corrected chi connectivity index (χ1v) is 18.1. The van der Waals surface area contributed by atoms with Crippen LogP contribution in [-0.2, 0) is 31.6 Å². The molecular weight excluding hydrogens is 693 g/mol. The Hall–Kier alpha value is -3.07. The number of aliphatic hydroxyl groups excluding tert-OH is 2. The average molecular weight is 726 g/mol. The molecule has 0 spiro atoms. The third-order valence-electron chi connectivity index (χ3n) is 6.53. The number of amides is 1. The van der Waals surface area contributed by atoms with Crippen LogP contribution in [0.1, 0.15) is 29.4 Å². The van der Waals surface area contributed by atoms with E-state index in [2.05, 4.69) is 44.0 Å². The van der Waals surface area contributed by atoms with Gasteiger partial charge in [-0.25, -0.2) is 28.6 Å². The first kappa shape index (κ1) is 36.8. The van der Waals surface area contributed by atoms with Gasteiger partial charge in [-0.3, -0.25) is 13.9 Å². The Balaban J connectivity index is 1.40. The Bertz CT molecular complexity index is 1720. The van der Waals surface area contributed by atoms with Crippen molar-refractivity contribution in [2.45, 2.75) is 37.4 Å². The molecule has 25 heteroatoms. The molecule has 11 N–H and O–H groups in total. The fourth-order valence-corrected chi connectivity index (χ4v) is 7.52. The molecule has 1 aliphatic rings. The number of phosphoric ester groups is 1. The maximum atomic E-state index is 12.5. The van der Waals surface area contributed by atoms with Gasteiger partial charge in [0.05, 0.1) is 12.2 Å². The van der Waals surface area contributed by atoms with E-state index in [1.54, 1.807) is 25.2 Å². The first-order chi connectivity index (χ1) is 22.0. The van der Waals surface area contributed by atoms with Crippen molar-refractivity contribution >= 4 is 58.0 Å². The van der Waals surface area contributed by atoms with Crippen LogP contribution >= 0.6 is 23.5 Å². The summed E-state index contributed by atoms with van der Waals surface area (Å²) in [5.41, 5.74) is 7.34. The zero-order valence-corrected chi connectivity index (χ0v) is 27.1. The number of carbonyl (C=O) groups is 1. The van der Waals surface area contributed by atoms with Gasteiger partial charge < -0.3 is 56.2 Å². The van der Waals surface area contributed by atoms with E-state index in [0.717, 1.165) is 6.33 Å². The molecule has 47 heavy (non-hydrogen) atoms. The third-order valence-corrected chi connectivity index (χ3v) is 10.3. The van der Waals surface area contributed by atoms with Crippen molar-refractivity contribution in [3.05, 3.63) is 36.2 Å². The molecule has 3 aromatic rings. The van der Waals surface area contributed by atoms with E-state index < -0.39 is 54.6 Å². The van der Waals surface area contributed by atoms with Gasteiger partial charge in [0.25, 0.3) is 5.91 Å². The molecule has 4 rings (SSSR count). The predicted octanol–water partition coefficient (Wildman–Crippen LogP) is 0.0348. The van der Waals surface area contributed by atoms with Crippen molar-refractivity contribution in [1.29, 1.82) is 0 Å². The minimum absolute atomic E-state index is 0.0152.